The van der Waals surface area contributed by atoms with Gasteiger partial charge in [-0.25, -0.2) is 0 Å². The van der Waals surface area contributed by atoms with Gasteiger partial charge in [0.25, 0.3) is 10.9 Å². The topological polar surface area (TPSA) is 173 Å². The van der Waals surface area contributed by atoms with E-state index in [0.29, 0.717) is 13.2 Å². The average Bonchev–Trinajstić information content (AvgIpc) is 2.75. The summed E-state index contributed by atoms with van der Waals surface area (Å²) in [7, 11) is 0. The van der Waals surface area contributed by atoms with E-state index in [1.165, 1.54) is 0 Å². The molecule has 1 heterocycles. The van der Waals surface area contributed by atoms with Crippen molar-refractivity contribution in [1.29, 1.82) is 0 Å². The van der Waals surface area contributed by atoms with Gasteiger partial charge in [-0.3, -0.25) is 9.59 Å². The quantitative estimate of drug-likeness (QED) is 0.148. The number of nitrogens with one attached hydrogen (secondary N) is 1. The molecule has 5 atom stereocenters. The summed E-state index contributed by atoms with van der Waals surface area (Å²) in [6.45, 7) is 2.87. The summed E-state index contributed by atoms with van der Waals surface area (Å²) in [5, 5.41) is 41.1. The van der Waals surface area contributed by atoms with Crippen LogP contribution in [0.25, 0.3) is 0 Å². The smallest absolute Gasteiger partial charge is 0.272 e. The van der Waals surface area contributed by atoms with Gasteiger partial charge in [0.15, 0.2) is 12.0 Å². The molecule has 0 amide bonds. The molecule has 1 aliphatic heterocycles. The highest BCUT2D eigenvalue weighted by molar-refractivity contribution is 5.61. The molecule has 172 valence electrons. The maximum Gasteiger partial charge on any atom is 0.272 e. The molecule has 1 saturated heterocycles. The standard InChI is InChI=1S/C18H29NO11/c1-2-28-17-11(13(22)15(17)24)19-3-4-26-5-6-27-7-8-29-18-16(25)14(23)12(21)10(9-20)30-18/h10,12,14,16,18-21,23,25H,2-9H2,1H3. The van der Waals surface area contributed by atoms with E-state index in [2.05, 4.69) is 5.32 Å². The van der Waals surface area contributed by atoms with Crippen molar-refractivity contribution in [3.63, 3.8) is 0 Å². The number of rotatable bonds is 14. The highest BCUT2D eigenvalue weighted by atomic mass is 16.7. The van der Waals surface area contributed by atoms with Gasteiger partial charge in [0.1, 0.15) is 30.1 Å². The molecule has 1 aromatic carbocycles. The molecular formula is C18H29NO11. The average molecular weight is 435 g/mol. The third-order valence-corrected chi connectivity index (χ3v) is 4.43. The van der Waals surface area contributed by atoms with Gasteiger partial charge in [-0.15, -0.1) is 0 Å². The molecule has 5 unspecified atom stereocenters. The highest BCUT2D eigenvalue weighted by Gasteiger charge is 2.43. The number of hydrogen-bond donors (Lipinski definition) is 5. The fourth-order valence-corrected chi connectivity index (χ4v) is 2.81. The number of aliphatic hydroxyl groups is 4. The molecule has 0 saturated carbocycles. The lowest BCUT2D eigenvalue weighted by atomic mass is 9.99. The Morgan fingerprint density at radius 2 is 1.60 bits per heavy atom. The molecule has 1 aromatic rings. The Labute approximate surface area is 172 Å². The Hall–Kier alpha value is -1.64. The predicted octanol–water partition coefficient (Wildman–Crippen LogP) is -3.06. The van der Waals surface area contributed by atoms with E-state index in [4.69, 9.17) is 28.8 Å². The van der Waals surface area contributed by atoms with Gasteiger partial charge < -0.3 is 49.4 Å². The van der Waals surface area contributed by atoms with Gasteiger partial charge in [-0.2, -0.15) is 0 Å². The van der Waals surface area contributed by atoms with Crippen LogP contribution in [0.5, 0.6) is 5.75 Å². The molecule has 12 nitrogen and oxygen atoms in total. The zero-order valence-corrected chi connectivity index (χ0v) is 16.7. The van der Waals surface area contributed by atoms with E-state index in [1.807, 2.05) is 0 Å². The zero-order valence-electron chi connectivity index (χ0n) is 16.7. The number of aliphatic hydroxyl groups excluding tert-OH is 4. The van der Waals surface area contributed by atoms with Crippen LogP contribution in [0.4, 0.5) is 5.69 Å². The van der Waals surface area contributed by atoms with Crippen LogP contribution in [-0.2, 0) is 18.9 Å². The van der Waals surface area contributed by atoms with Gasteiger partial charge in [-0.1, -0.05) is 0 Å². The summed E-state index contributed by atoms with van der Waals surface area (Å²) >= 11 is 0. The van der Waals surface area contributed by atoms with Gasteiger partial charge >= 0.3 is 0 Å². The van der Waals surface area contributed by atoms with E-state index >= 15 is 0 Å². The van der Waals surface area contributed by atoms with Crippen LogP contribution in [0.1, 0.15) is 6.92 Å². The van der Waals surface area contributed by atoms with Crippen LogP contribution >= 0.6 is 0 Å². The molecule has 0 spiro atoms. The van der Waals surface area contributed by atoms with Crippen LogP contribution < -0.4 is 20.9 Å². The fourth-order valence-electron chi connectivity index (χ4n) is 2.81. The first kappa shape index (κ1) is 24.6. The maximum absolute atomic E-state index is 11.4. The molecule has 0 bridgehead atoms. The highest BCUT2D eigenvalue weighted by Crippen LogP contribution is 2.21. The molecule has 1 fully saturated rings. The second-order valence-corrected chi connectivity index (χ2v) is 6.51. The van der Waals surface area contributed by atoms with Crippen LogP contribution in [0.3, 0.4) is 0 Å². The molecule has 0 radical (unpaired) electrons. The lowest BCUT2D eigenvalue weighted by Crippen LogP contribution is -2.59. The number of hydrogen-bond acceptors (Lipinski definition) is 12. The van der Waals surface area contributed by atoms with E-state index in [9.17, 15) is 24.9 Å². The van der Waals surface area contributed by atoms with Gasteiger partial charge in [0.05, 0.1) is 46.2 Å². The van der Waals surface area contributed by atoms with E-state index in [0.717, 1.165) is 0 Å². The third-order valence-electron chi connectivity index (χ3n) is 4.43. The monoisotopic (exact) mass is 435 g/mol. The van der Waals surface area contributed by atoms with Crippen molar-refractivity contribution in [2.24, 2.45) is 0 Å². The second-order valence-electron chi connectivity index (χ2n) is 6.51. The lowest BCUT2D eigenvalue weighted by Gasteiger charge is -2.39. The minimum absolute atomic E-state index is 0.0503. The summed E-state index contributed by atoms with van der Waals surface area (Å²) in [6.07, 6.45) is -6.58. The summed E-state index contributed by atoms with van der Waals surface area (Å²) in [5.74, 6) is 0.0604. The Bertz CT molecular complexity index is 703. The molecule has 5 N–H and O–H groups in total. The van der Waals surface area contributed by atoms with Crippen molar-refractivity contribution < 1.29 is 44.1 Å². The first-order valence-corrected chi connectivity index (χ1v) is 9.69. The van der Waals surface area contributed by atoms with Crippen molar-refractivity contribution >= 4 is 5.69 Å². The SMILES string of the molecule is CCOc1c(NCCOCCOCCOC2OC(CO)C(O)C(O)C2O)c(=O)c1=O. The molecule has 2 rings (SSSR count). The fraction of sp³-hybridized carbons (Fsp3) is 0.778. The van der Waals surface area contributed by atoms with E-state index in [-0.39, 0.29) is 44.5 Å². The molecule has 30 heavy (non-hydrogen) atoms. The Morgan fingerprint density at radius 1 is 0.933 bits per heavy atom. The predicted molar refractivity (Wildman–Crippen MR) is 102 cm³/mol. The first-order valence-electron chi connectivity index (χ1n) is 9.69. The van der Waals surface area contributed by atoms with Crippen LogP contribution in [0.15, 0.2) is 9.59 Å². The molecule has 12 heteroatoms. The lowest BCUT2D eigenvalue weighted by molar-refractivity contribution is -0.302. The Balaban J connectivity index is 1.50. The first-order chi connectivity index (χ1) is 14.4. The Kier molecular flexibility index (Phi) is 10.1. The maximum atomic E-state index is 11.4. The summed E-state index contributed by atoms with van der Waals surface area (Å²) in [4.78, 5) is 22.7. The minimum Gasteiger partial charge on any atom is -0.488 e. The second kappa shape index (κ2) is 12.3. The van der Waals surface area contributed by atoms with Crippen molar-refractivity contribution in [1.82, 2.24) is 0 Å². The summed E-state index contributed by atoms with van der Waals surface area (Å²) in [6, 6.07) is 0. The minimum atomic E-state index is -1.49. The van der Waals surface area contributed by atoms with Gasteiger partial charge in [0, 0.05) is 6.54 Å². The number of anilines is 1. The van der Waals surface area contributed by atoms with Crippen molar-refractivity contribution in [2.75, 3.05) is 58.1 Å². The molecular weight excluding hydrogens is 406 g/mol. The normalized spacial score (nSPS) is 26.8. The van der Waals surface area contributed by atoms with Crippen molar-refractivity contribution in [3.05, 3.63) is 20.4 Å². The molecule has 0 aliphatic carbocycles. The van der Waals surface area contributed by atoms with Gasteiger partial charge in [0.2, 0.25) is 0 Å². The van der Waals surface area contributed by atoms with Crippen molar-refractivity contribution in [3.8, 4) is 5.75 Å². The zero-order chi connectivity index (χ0) is 22.1. The molecule has 0 aromatic heterocycles. The Morgan fingerprint density at radius 3 is 2.27 bits per heavy atom. The van der Waals surface area contributed by atoms with Gasteiger partial charge in [-0.05, 0) is 6.92 Å². The number of ether oxygens (including phenoxy) is 5. The van der Waals surface area contributed by atoms with E-state index < -0.39 is 48.2 Å². The summed E-state index contributed by atoms with van der Waals surface area (Å²) in [5.41, 5.74) is -1.05. The molecule has 1 aliphatic rings. The van der Waals surface area contributed by atoms with E-state index in [1.54, 1.807) is 6.92 Å². The third kappa shape index (κ3) is 6.18. The van der Waals surface area contributed by atoms with Crippen LogP contribution in [-0.4, -0.2) is 104 Å². The summed E-state index contributed by atoms with van der Waals surface area (Å²) < 4.78 is 26.2. The largest absolute Gasteiger partial charge is 0.488 e. The van der Waals surface area contributed by atoms with Crippen molar-refractivity contribution in [2.45, 2.75) is 37.6 Å². The van der Waals surface area contributed by atoms with Crippen LogP contribution in [0, 0.1) is 0 Å². The van der Waals surface area contributed by atoms with Crippen LogP contribution in [0.2, 0.25) is 0 Å².